The molecule has 0 unspecified atom stereocenters. The van der Waals surface area contributed by atoms with Crippen LogP contribution in [0, 0.1) is 0 Å². The fourth-order valence-electron chi connectivity index (χ4n) is 9.31. The van der Waals surface area contributed by atoms with E-state index in [1.165, 1.54) is 26.1 Å². The summed E-state index contributed by atoms with van der Waals surface area (Å²) in [5, 5.41) is 14.5. The summed E-state index contributed by atoms with van der Waals surface area (Å²) in [6.07, 6.45) is -14.2. The van der Waals surface area contributed by atoms with Gasteiger partial charge in [-0.25, -0.2) is 8.42 Å². The van der Waals surface area contributed by atoms with E-state index < -0.39 is 102 Å². The largest absolute Gasteiger partial charge is 0.463 e. The molecule has 1 saturated carbocycles. The molecule has 2 fully saturated rings. The van der Waals surface area contributed by atoms with Crippen LogP contribution in [0.1, 0.15) is 43.0 Å². The molecule has 11 atom stereocenters. The Morgan fingerprint density at radius 2 is 0.932 bits per heavy atom. The quantitative estimate of drug-likeness (QED) is 0.0568. The fourth-order valence-corrected chi connectivity index (χ4v) is 10.7. The maximum absolute atomic E-state index is 15.1. The van der Waals surface area contributed by atoms with Crippen molar-refractivity contribution in [3.8, 4) is 0 Å². The molecule has 16 nitrogen and oxygen atoms in total. The number of fused-ring (bicyclic) bond motifs is 1. The Balaban J connectivity index is 1.28. The summed E-state index contributed by atoms with van der Waals surface area (Å²) in [6.45, 7) is 2.97. The van der Waals surface area contributed by atoms with Gasteiger partial charge in [-0.1, -0.05) is 152 Å². The van der Waals surface area contributed by atoms with Crippen LogP contribution in [0.4, 0.5) is 0 Å². The molecule has 1 N–H and O–H groups in total. The zero-order chi connectivity index (χ0) is 52.2. The van der Waals surface area contributed by atoms with Crippen molar-refractivity contribution < 1.29 is 70.5 Å². The van der Waals surface area contributed by atoms with Gasteiger partial charge in [0, 0.05) is 27.8 Å². The Morgan fingerprint density at radius 1 is 0.514 bits per heavy atom. The number of sulfonamides is 1. The first-order chi connectivity index (χ1) is 35.8. The summed E-state index contributed by atoms with van der Waals surface area (Å²) in [5.74, 6) is -2.42. The minimum absolute atomic E-state index is 0.0137. The molecule has 1 heterocycles. The minimum Gasteiger partial charge on any atom is -0.463 e. The Hall–Kier alpha value is -6.38. The summed E-state index contributed by atoms with van der Waals surface area (Å²) in [6, 6.07) is 47.8. The zero-order valence-electron chi connectivity index (χ0n) is 41.5. The second-order valence-electron chi connectivity index (χ2n) is 18.2. The van der Waals surface area contributed by atoms with Crippen molar-refractivity contribution in [1.82, 2.24) is 4.31 Å². The molecule has 8 rings (SSSR count). The molecule has 0 amide bonds. The molecule has 17 heteroatoms. The number of likely N-dealkylation sites (N-methyl/N-ethyl adjacent to an activating group) is 1. The topological polar surface area (TPSA) is 192 Å². The second kappa shape index (κ2) is 25.2. The number of benzene rings is 6. The van der Waals surface area contributed by atoms with E-state index in [0.29, 0.717) is 5.39 Å². The summed E-state index contributed by atoms with van der Waals surface area (Å²) < 4.78 is 89.4. The lowest BCUT2D eigenvalue weighted by molar-refractivity contribution is -0.339. The SMILES string of the molecule is CC(=O)OC[C@H]1O[C@H](O[C@H]2[C@@H](O)[C@@H](OCc3ccccc3)[C@H](OCc3ccccc3)[C@@H](OCc3ccccc3)[C@H]2OCc2ccccc2)[C@H](N(C)S(=O)(=O)c2ccc3ccccc3c2)[C@@H](OC(C)=O)[C@@H]1OC(C)=O. The van der Waals surface area contributed by atoms with E-state index in [4.69, 9.17) is 42.6 Å². The summed E-state index contributed by atoms with van der Waals surface area (Å²) in [7, 11) is -3.33. The number of aliphatic hydroxyl groups is 1. The van der Waals surface area contributed by atoms with Crippen LogP contribution in [-0.4, -0.2) is 117 Å². The van der Waals surface area contributed by atoms with Crippen LogP contribution in [0.2, 0.25) is 0 Å². The molecule has 0 radical (unpaired) electrons. The number of aliphatic hydroxyl groups excluding tert-OH is 1. The molecule has 74 heavy (non-hydrogen) atoms. The second-order valence-corrected chi connectivity index (χ2v) is 20.1. The summed E-state index contributed by atoms with van der Waals surface area (Å²) in [5.41, 5.74) is 3.19. The van der Waals surface area contributed by atoms with Crippen molar-refractivity contribution >= 4 is 38.7 Å². The smallest absolute Gasteiger partial charge is 0.303 e. The van der Waals surface area contributed by atoms with Gasteiger partial charge in [-0.3, -0.25) is 14.4 Å². The van der Waals surface area contributed by atoms with Gasteiger partial charge in [-0.05, 0) is 45.2 Å². The average Bonchev–Trinajstić information content (AvgIpc) is 3.40. The van der Waals surface area contributed by atoms with Gasteiger partial charge in [0.1, 0.15) is 55.4 Å². The van der Waals surface area contributed by atoms with Crippen molar-refractivity contribution in [3.05, 3.63) is 186 Å². The van der Waals surface area contributed by atoms with Crippen molar-refractivity contribution in [2.45, 2.75) is 119 Å². The van der Waals surface area contributed by atoms with Gasteiger partial charge in [0.15, 0.2) is 18.5 Å². The number of esters is 3. The van der Waals surface area contributed by atoms with E-state index >= 15 is 8.42 Å². The third-order valence-electron chi connectivity index (χ3n) is 12.9. The molecule has 1 aliphatic heterocycles. The lowest BCUT2D eigenvalue weighted by Crippen LogP contribution is -2.71. The van der Waals surface area contributed by atoms with Crippen LogP contribution in [0.3, 0.4) is 0 Å². The predicted octanol–water partition coefficient (Wildman–Crippen LogP) is 7.08. The predicted molar refractivity (Wildman–Crippen MR) is 270 cm³/mol. The number of carbonyl (C=O) groups is 3. The van der Waals surface area contributed by atoms with E-state index in [-0.39, 0.29) is 31.3 Å². The molecule has 390 valence electrons. The van der Waals surface area contributed by atoms with Crippen LogP contribution in [0.5, 0.6) is 0 Å². The fraction of sp³-hybridized carbons (Fsp3) is 0.351. The van der Waals surface area contributed by atoms with Crippen LogP contribution < -0.4 is 0 Å². The van der Waals surface area contributed by atoms with E-state index in [9.17, 15) is 19.5 Å². The van der Waals surface area contributed by atoms with Crippen molar-refractivity contribution in [2.24, 2.45) is 0 Å². The van der Waals surface area contributed by atoms with Crippen LogP contribution in [-0.2, 0) is 93.5 Å². The lowest BCUT2D eigenvalue weighted by atomic mass is 9.83. The molecule has 1 saturated heterocycles. The van der Waals surface area contributed by atoms with E-state index in [0.717, 1.165) is 45.8 Å². The molecule has 6 aromatic rings. The number of carbonyl (C=O) groups excluding carboxylic acids is 3. The Morgan fingerprint density at radius 3 is 1.41 bits per heavy atom. The monoisotopic (exact) mass is 1030 g/mol. The Kier molecular flexibility index (Phi) is 18.4. The molecule has 0 spiro atoms. The third-order valence-corrected chi connectivity index (χ3v) is 14.7. The highest BCUT2D eigenvalue weighted by molar-refractivity contribution is 7.89. The average molecular weight is 1030 g/mol. The number of nitrogens with zero attached hydrogens (tertiary/aromatic N) is 1. The maximum Gasteiger partial charge on any atom is 0.303 e. The van der Waals surface area contributed by atoms with Gasteiger partial charge in [0.2, 0.25) is 10.0 Å². The van der Waals surface area contributed by atoms with Gasteiger partial charge in [0.25, 0.3) is 0 Å². The standard InChI is InChI=1S/C57H61NO15S/c1-37(59)65-36-47-50(70-38(2)60)51(71-39(3)61)48(58(4)74(63,64)46-30-29-44-27-17-18-28-45(44)31-46)57(72-47)73-53-49(62)52(66-32-40-19-9-5-10-20-40)54(67-33-41-21-11-6-12-22-41)56(69-35-43-25-15-8-16-26-43)55(53)68-34-42-23-13-7-14-24-42/h5-31,47-57,62H,32-36H2,1-4H3/t47-,48-,49+,50-,51-,52-,53+,54+,55+,56-,57-/m1/s1. The number of hydrogen-bond donors (Lipinski definition) is 1. The highest BCUT2D eigenvalue weighted by Gasteiger charge is 2.59. The molecule has 2 aliphatic rings. The zero-order valence-corrected chi connectivity index (χ0v) is 42.3. The van der Waals surface area contributed by atoms with Crippen molar-refractivity contribution in [3.63, 3.8) is 0 Å². The van der Waals surface area contributed by atoms with E-state index in [1.807, 2.05) is 133 Å². The number of hydrogen-bond acceptors (Lipinski definition) is 15. The Labute approximate surface area is 431 Å². The molecule has 0 aromatic heterocycles. The van der Waals surface area contributed by atoms with Crippen LogP contribution >= 0.6 is 0 Å². The molecular formula is C57H61NO15S. The van der Waals surface area contributed by atoms with E-state index in [2.05, 4.69) is 0 Å². The van der Waals surface area contributed by atoms with Gasteiger partial charge in [-0.2, -0.15) is 4.31 Å². The third kappa shape index (κ3) is 13.5. The van der Waals surface area contributed by atoms with E-state index in [1.54, 1.807) is 18.2 Å². The summed E-state index contributed by atoms with van der Waals surface area (Å²) in [4.78, 5) is 38.4. The normalized spacial score (nSPS) is 25.0. The van der Waals surface area contributed by atoms with Crippen LogP contribution in [0.15, 0.2) is 169 Å². The highest BCUT2D eigenvalue weighted by atomic mass is 32.2. The first-order valence-electron chi connectivity index (χ1n) is 24.3. The first kappa shape index (κ1) is 53.9. The van der Waals surface area contributed by atoms with Crippen molar-refractivity contribution in [1.29, 1.82) is 0 Å². The molecule has 0 bridgehead atoms. The molecular weight excluding hydrogens is 971 g/mol. The minimum atomic E-state index is -4.59. The van der Waals surface area contributed by atoms with Gasteiger partial charge >= 0.3 is 17.9 Å². The molecule has 1 aliphatic carbocycles. The lowest BCUT2D eigenvalue weighted by Gasteiger charge is -2.52. The van der Waals surface area contributed by atoms with Crippen molar-refractivity contribution in [2.75, 3.05) is 13.7 Å². The number of rotatable bonds is 21. The Bertz CT molecular complexity index is 2880. The van der Waals surface area contributed by atoms with Gasteiger partial charge in [-0.15, -0.1) is 0 Å². The van der Waals surface area contributed by atoms with Crippen LogP contribution in [0.25, 0.3) is 10.8 Å². The van der Waals surface area contributed by atoms with Gasteiger partial charge < -0.3 is 47.7 Å². The van der Waals surface area contributed by atoms with Gasteiger partial charge in [0.05, 0.1) is 31.3 Å². The maximum atomic E-state index is 15.1. The summed E-state index contributed by atoms with van der Waals surface area (Å²) >= 11 is 0. The first-order valence-corrected chi connectivity index (χ1v) is 25.8. The molecule has 6 aromatic carbocycles. The highest BCUT2D eigenvalue weighted by Crippen LogP contribution is 2.39. The number of ether oxygens (including phenoxy) is 9.